The van der Waals surface area contributed by atoms with Gasteiger partial charge in [-0.2, -0.15) is 0 Å². The van der Waals surface area contributed by atoms with Crippen LogP contribution in [-0.4, -0.2) is 47.8 Å². The van der Waals surface area contributed by atoms with Crippen molar-refractivity contribution >= 4 is 5.91 Å². The van der Waals surface area contributed by atoms with E-state index in [1.807, 2.05) is 0 Å². The third-order valence-corrected chi connectivity index (χ3v) is 3.07. The van der Waals surface area contributed by atoms with Crippen molar-refractivity contribution in [2.75, 3.05) is 19.8 Å². The van der Waals surface area contributed by atoms with Crippen LogP contribution in [0.15, 0.2) is 0 Å². The van der Waals surface area contributed by atoms with E-state index in [9.17, 15) is 4.79 Å². The fourth-order valence-corrected chi connectivity index (χ4v) is 2.09. The number of hydrogen-bond acceptors (Lipinski definition) is 3. The summed E-state index contributed by atoms with van der Waals surface area (Å²) in [6.45, 7) is 1.21. The van der Waals surface area contributed by atoms with Crippen LogP contribution in [0.3, 0.4) is 0 Å². The zero-order valence-electron chi connectivity index (χ0n) is 9.02. The van der Waals surface area contributed by atoms with E-state index >= 15 is 0 Å². The van der Waals surface area contributed by atoms with Gasteiger partial charge in [-0.25, -0.2) is 0 Å². The molecule has 86 valence electrons. The molecule has 2 rings (SSSR count). The molecule has 0 bridgehead atoms. The first-order chi connectivity index (χ1) is 7.33. The Labute approximate surface area is 90.2 Å². The van der Waals surface area contributed by atoms with Crippen LogP contribution in [0.4, 0.5) is 0 Å². The number of nitrogens with zero attached hydrogens (tertiary/aromatic N) is 1. The van der Waals surface area contributed by atoms with Crippen molar-refractivity contribution in [1.29, 1.82) is 0 Å². The fourth-order valence-electron chi connectivity index (χ4n) is 2.09. The number of carbonyl (C=O) groups excluding carboxylic acids is 1. The van der Waals surface area contributed by atoms with Crippen molar-refractivity contribution in [2.45, 2.75) is 44.2 Å². The molecule has 2 aliphatic rings. The van der Waals surface area contributed by atoms with Gasteiger partial charge in [0.2, 0.25) is 0 Å². The Morgan fingerprint density at radius 2 is 2.13 bits per heavy atom. The quantitative estimate of drug-likeness (QED) is 0.741. The molecule has 0 aromatic carbocycles. The second-order valence-electron chi connectivity index (χ2n) is 4.34. The Morgan fingerprint density at radius 1 is 1.33 bits per heavy atom. The van der Waals surface area contributed by atoms with Crippen molar-refractivity contribution in [3.8, 4) is 0 Å². The first kappa shape index (κ1) is 10.9. The molecule has 4 heteroatoms. The number of carbonyl (C=O) groups is 1. The minimum atomic E-state index is -0.245. The van der Waals surface area contributed by atoms with Gasteiger partial charge in [0.15, 0.2) is 0 Å². The predicted octanol–water partition coefficient (Wildman–Crippen LogP) is 0.539. The molecule has 1 atom stereocenters. The van der Waals surface area contributed by atoms with Gasteiger partial charge in [0, 0.05) is 19.2 Å². The average Bonchev–Trinajstić information content (AvgIpc) is 3.10. The molecule has 1 aliphatic heterocycles. The van der Waals surface area contributed by atoms with Gasteiger partial charge in [0.05, 0.1) is 6.61 Å². The maximum absolute atomic E-state index is 12.1. The molecule has 1 heterocycles. The Balaban J connectivity index is 1.90. The Morgan fingerprint density at radius 3 is 2.67 bits per heavy atom. The van der Waals surface area contributed by atoms with E-state index in [1.54, 1.807) is 4.90 Å². The topological polar surface area (TPSA) is 49.8 Å². The van der Waals surface area contributed by atoms with Crippen molar-refractivity contribution < 1.29 is 14.6 Å². The number of rotatable bonds is 4. The average molecular weight is 213 g/mol. The van der Waals surface area contributed by atoms with Crippen LogP contribution >= 0.6 is 0 Å². The summed E-state index contributed by atoms with van der Waals surface area (Å²) in [6, 6.07) is 0.371. The Kier molecular flexibility index (Phi) is 3.59. The normalized spacial score (nSPS) is 26.3. The molecule has 1 aliphatic carbocycles. The van der Waals surface area contributed by atoms with Crippen LogP contribution in [-0.2, 0) is 9.53 Å². The van der Waals surface area contributed by atoms with Crippen LogP contribution in [0, 0.1) is 0 Å². The van der Waals surface area contributed by atoms with Crippen molar-refractivity contribution in [2.24, 2.45) is 0 Å². The van der Waals surface area contributed by atoms with Gasteiger partial charge in [0.1, 0.15) is 6.10 Å². The molecule has 0 spiro atoms. The summed E-state index contributed by atoms with van der Waals surface area (Å²) in [5, 5.41) is 8.93. The molecular formula is C11H19NO3. The van der Waals surface area contributed by atoms with Gasteiger partial charge in [-0.05, 0) is 32.1 Å². The minimum absolute atomic E-state index is 0.0506. The predicted molar refractivity (Wildman–Crippen MR) is 55.4 cm³/mol. The van der Waals surface area contributed by atoms with Crippen molar-refractivity contribution in [3.05, 3.63) is 0 Å². The number of aliphatic hydroxyl groups excluding tert-OH is 1. The second-order valence-corrected chi connectivity index (χ2v) is 4.34. The molecule has 4 nitrogen and oxygen atoms in total. The van der Waals surface area contributed by atoms with Crippen LogP contribution in [0.25, 0.3) is 0 Å². The molecule has 0 radical (unpaired) electrons. The lowest BCUT2D eigenvalue weighted by atomic mass is 10.1. The summed E-state index contributed by atoms with van der Waals surface area (Å²) in [5.74, 6) is 0.0891. The first-order valence-electron chi connectivity index (χ1n) is 5.86. The van der Waals surface area contributed by atoms with Crippen LogP contribution in [0.1, 0.15) is 32.1 Å². The van der Waals surface area contributed by atoms with Gasteiger partial charge in [0.25, 0.3) is 5.91 Å². The molecule has 1 unspecified atom stereocenters. The summed E-state index contributed by atoms with van der Waals surface area (Å²) >= 11 is 0. The summed E-state index contributed by atoms with van der Waals surface area (Å²) in [5.41, 5.74) is 0. The van der Waals surface area contributed by atoms with Crippen molar-refractivity contribution in [3.63, 3.8) is 0 Å². The van der Waals surface area contributed by atoms with Crippen molar-refractivity contribution in [1.82, 2.24) is 4.90 Å². The van der Waals surface area contributed by atoms with E-state index in [4.69, 9.17) is 9.84 Å². The van der Waals surface area contributed by atoms with Crippen LogP contribution in [0.2, 0.25) is 0 Å². The SMILES string of the molecule is O=C(C1CCCCO1)N(CCO)C1CC1. The number of ether oxygens (including phenoxy) is 1. The van der Waals surface area contributed by atoms with E-state index in [0.717, 1.165) is 32.1 Å². The summed E-state index contributed by atoms with van der Waals surface area (Å²) in [4.78, 5) is 13.9. The smallest absolute Gasteiger partial charge is 0.252 e. The fraction of sp³-hybridized carbons (Fsp3) is 0.909. The number of amides is 1. The highest BCUT2D eigenvalue weighted by atomic mass is 16.5. The van der Waals surface area contributed by atoms with Crippen LogP contribution < -0.4 is 0 Å². The molecule has 1 saturated heterocycles. The maximum Gasteiger partial charge on any atom is 0.252 e. The highest BCUT2D eigenvalue weighted by molar-refractivity contribution is 5.81. The zero-order valence-corrected chi connectivity index (χ0v) is 9.02. The van der Waals surface area contributed by atoms with E-state index in [2.05, 4.69) is 0 Å². The molecular weight excluding hydrogens is 194 g/mol. The largest absolute Gasteiger partial charge is 0.395 e. The third-order valence-electron chi connectivity index (χ3n) is 3.07. The van der Waals surface area contributed by atoms with Gasteiger partial charge in [-0.15, -0.1) is 0 Å². The number of hydrogen-bond donors (Lipinski definition) is 1. The molecule has 1 saturated carbocycles. The standard InChI is InChI=1S/C11H19NO3/c13-7-6-12(9-4-5-9)11(14)10-3-1-2-8-15-10/h9-10,13H,1-8H2. The van der Waals surface area contributed by atoms with E-state index < -0.39 is 0 Å². The van der Waals surface area contributed by atoms with Gasteiger partial charge < -0.3 is 14.7 Å². The molecule has 15 heavy (non-hydrogen) atoms. The van der Waals surface area contributed by atoms with Gasteiger partial charge >= 0.3 is 0 Å². The van der Waals surface area contributed by atoms with E-state index in [1.165, 1.54) is 0 Å². The second kappa shape index (κ2) is 4.94. The highest BCUT2D eigenvalue weighted by Gasteiger charge is 2.36. The Hall–Kier alpha value is -0.610. The van der Waals surface area contributed by atoms with Gasteiger partial charge in [-0.1, -0.05) is 0 Å². The summed E-state index contributed by atoms with van der Waals surface area (Å²) in [6.07, 6.45) is 4.90. The molecule has 1 amide bonds. The lowest BCUT2D eigenvalue weighted by molar-refractivity contribution is -0.147. The minimum Gasteiger partial charge on any atom is -0.395 e. The lowest BCUT2D eigenvalue weighted by Gasteiger charge is -2.29. The first-order valence-corrected chi connectivity index (χ1v) is 5.86. The third kappa shape index (κ3) is 2.69. The molecule has 2 fully saturated rings. The highest BCUT2D eigenvalue weighted by Crippen LogP contribution is 2.28. The monoisotopic (exact) mass is 213 g/mol. The molecule has 1 N–H and O–H groups in total. The lowest BCUT2D eigenvalue weighted by Crippen LogP contribution is -2.44. The zero-order chi connectivity index (χ0) is 10.7. The van der Waals surface area contributed by atoms with Crippen LogP contribution in [0.5, 0.6) is 0 Å². The molecule has 0 aromatic rings. The summed E-state index contributed by atoms with van der Waals surface area (Å²) in [7, 11) is 0. The Bertz CT molecular complexity index is 222. The van der Waals surface area contributed by atoms with E-state index in [-0.39, 0.29) is 18.6 Å². The molecule has 0 aromatic heterocycles. The summed E-state index contributed by atoms with van der Waals surface area (Å²) < 4.78 is 5.47. The van der Waals surface area contributed by atoms with E-state index in [0.29, 0.717) is 19.2 Å². The number of aliphatic hydroxyl groups is 1. The van der Waals surface area contributed by atoms with Gasteiger partial charge in [-0.3, -0.25) is 4.79 Å². The maximum atomic E-state index is 12.1.